The van der Waals surface area contributed by atoms with Crippen LogP contribution < -0.4 is 5.73 Å². The Bertz CT molecular complexity index is 418. The fraction of sp³-hybridized carbons (Fsp3) is 0.200. The minimum absolute atomic E-state index is 0. The van der Waals surface area contributed by atoms with E-state index in [9.17, 15) is 17.6 Å². The topological polar surface area (TPSA) is 26.0 Å². The van der Waals surface area contributed by atoms with E-state index in [0.717, 1.165) is 6.08 Å². The van der Waals surface area contributed by atoms with E-state index in [1.807, 2.05) is 0 Å². The van der Waals surface area contributed by atoms with Crippen molar-refractivity contribution in [3.63, 3.8) is 0 Å². The molecule has 1 atom stereocenters. The molecule has 1 rings (SSSR count). The Morgan fingerprint density at radius 1 is 1.35 bits per heavy atom. The van der Waals surface area contributed by atoms with Gasteiger partial charge in [-0.2, -0.15) is 13.2 Å². The Hall–Kier alpha value is -0.780. The van der Waals surface area contributed by atoms with E-state index in [4.69, 9.17) is 17.3 Å². The van der Waals surface area contributed by atoms with Gasteiger partial charge in [0.15, 0.2) is 0 Å². The van der Waals surface area contributed by atoms with E-state index in [1.54, 1.807) is 0 Å². The van der Waals surface area contributed by atoms with Gasteiger partial charge in [0.05, 0.1) is 16.6 Å². The maximum Gasteiger partial charge on any atom is 0.416 e. The third kappa shape index (κ3) is 3.59. The number of nitrogens with two attached hydrogens (primary N) is 1. The van der Waals surface area contributed by atoms with Crippen molar-refractivity contribution in [2.24, 2.45) is 5.73 Å². The molecule has 1 aromatic rings. The smallest absolute Gasteiger partial charge is 0.321 e. The van der Waals surface area contributed by atoms with Gasteiger partial charge < -0.3 is 5.73 Å². The monoisotopic (exact) mass is 289 g/mol. The third-order valence-corrected chi connectivity index (χ3v) is 2.27. The molecule has 0 heterocycles. The van der Waals surface area contributed by atoms with Crippen LogP contribution in [-0.2, 0) is 6.18 Å². The largest absolute Gasteiger partial charge is 0.416 e. The molecule has 0 amide bonds. The van der Waals surface area contributed by atoms with E-state index in [2.05, 4.69) is 6.58 Å². The molecule has 2 N–H and O–H groups in total. The predicted octanol–water partition coefficient (Wildman–Crippen LogP) is 4.11. The fourth-order valence-corrected chi connectivity index (χ4v) is 1.37. The Labute approximate surface area is 107 Å². The summed E-state index contributed by atoms with van der Waals surface area (Å²) < 4.78 is 50.6. The summed E-state index contributed by atoms with van der Waals surface area (Å²) in [5.41, 5.74) is 4.03. The predicted molar refractivity (Wildman–Crippen MR) is 60.8 cm³/mol. The summed E-state index contributed by atoms with van der Waals surface area (Å²) in [5, 5.41) is -0.609. The van der Waals surface area contributed by atoms with Crippen LogP contribution in [0.15, 0.2) is 24.8 Å². The lowest BCUT2D eigenvalue weighted by Gasteiger charge is -2.13. The molecule has 0 radical (unpaired) electrons. The van der Waals surface area contributed by atoms with Crippen LogP contribution in [0, 0.1) is 5.82 Å². The Balaban J connectivity index is 0.00000256. The van der Waals surface area contributed by atoms with Crippen molar-refractivity contribution < 1.29 is 17.6 Å². The number of hydrogen-bond acceptors (Lipinski definition) is 1. The Kier molecular flexibility index (Phi) is 5.45. The van der Waals surface area contributed by atoms with Gasteiger partial charge in [-0.15, -0.1) is 19.0 Å². The molecule has 0 saturated carbocycles. The third-order valence-electron chi connectivity index (χ3n) is 2.00. The minimum Gasteiger partial charge on any atom is -0.321 e. The van der Waals surface area contributed by atoms with Gasteiger partial charge in [0, 0.05) is 5.56 Å². The number of benzene rings is 1. The maximum atomic E-state index is 13.4. The standard InChI is InChI=1S/C10H8ClF4N.ClH/c1-2-8(16)6-3-5(10(13,14)15)4-7(11)9(6)12;/h2-4,8H,1,16H2;1H/t8-;/m0./s1. The van der Waals surface area contributed by atoms with E-state index < -0.39 is 28.6 Å². The molecule has 1 aromatic carbocycles. The second-order valence-corrected chi connectivity index (χ2v) is 3.53. The summed E-state index contributed by atoms with van der Waals surface area (Å²) in [6, 6.07) is 0.129. The molecule has 0 aliphatic rings. The van der Waals surface area contributed by atoms with Crippen molar-refractivity contribution in [2.45, 2.75) is 12.2 Å². The highest BCUT2D eigenvalue weighted by Crippen LogP contribution is 2.34. The highest BCUT2D eigenvalue weighted by Gasteiger charge is 2.32. The van der Waals surface area contributed by atoms with Gasteiger partial charge in [-0.25, -0.2) is 4.39 Å². The molecule has 96 valence electrons. The SMILES string of the molecule is C=C[C@H](N)c1cc(C(F)(F)F)cc(Cl)c1F.Cl. The summed E-state index contributed by atoms with van der Waals surface area (Å²) in [4.78, 5) is 0. The Morgan fingerprint density at radius 3 is 2.29 bits per heavy atom. The quantitative estimate of drug-likeness (QED) is 0.644. The van der Waals surface area contributed by atoms with Crippen molar-refractivity contribution in [3.05, 3.63) is 46.8 Å². The summed E-state index contributed by atoms with van der Waals surface area (Å²) in [7, 11) is 0. The number of alkyl halides is 3. The van der Waals surface area contributed by atoms with Gasteiger partial charge in [-0.3, -0.25) is 0 Å². The number of rotatable bonds is 2. The summed E-state index contributed by atoms with van der Waals surface area (Å²) in [6.45, 7) is 3.28. The molecule has 0 fully saturated rings. The van der Waals surface area contributed by atoms with Gasteiger partial charge in [0.2, 0.25) is 0 Å². The minimum atomic E-state index is -4.59. The molecule has 17 heavy (non-hydrogen) atoms. The molecule has 0 saturated heterocycles. The summed E-state index contributed by atoms with van der Waals surface area (Å²) >= 11 is 5.36. The molecule has 0 spiro atoms. The van der Waals surface area contributed by atoms with Crippen molar-refractivity contribution >= 4 is 24.0 Å². The first kappa shape index (κ1) is 16.2. The first-order valence-corrected chi connectivity index (χ1v) is 4.59. The van der Waals surface area contributed by atoms with Crippen LogP contribution in [0.4, 0.5) is 17.6 Å². The van der Waals surface area contributed by atoms with E-state index in [1.165, 1.54) is 0 Å². The highest BCUT2D eigenvalue weighted by atomic mass is 35.5. The number of hydrogen-bond donors (Lipinski definition) is 1. The van der Waals surface area contributed by atoms with Crippen LogP contribution in [-0.4, -0.2) is 0 Å². The Morgan fingerprint density at radius 2 is 1.88 bits per heavy atom. The molecular weight excluding hydrogens is 281 g/mol. The summed E-state index contributed by atoms with van der Waals surface area (Å²) in [5.74, 6) is -0.956. The van der Waals surface area contributed by atoms with Crippen molar-refractivity contribution in [1.82, 2.24) is 0 Å². The lowest BCUT2D eigenvalue weighted by Crippen LogP contribution is -2.13. The van der Waals surface area contributed by atoms with Crippen molar-refractivity contribution in [3.8, 4) is 0 Å². The zero-order valence-corrected chi connectivity index (χ0v) is 9.96. The van der Waals surface area contributed by atoms with Crippen LogP contribution in [0.1, 0.15) is 17.2 Å². The highest BCUT2D eigenvalue weighted by molar-refractivity contribution is 6.30. The summed E-state index contributed by atoms with van der Waals surface area (Å²) in [6.07, 6.45) is -3.46. The van der Waals surface area contributed by atoms with Gasteiger partial charge in [-0.1, -0.05) is 17.7 Å². The molecule has 0 aromatic heterocycles. The average Bonchev–Trinajstić information content (AvgIpc) is 2.19. The molecular formula is C10H9Cl2F4N. The van der Waals surface area contributed by atoms with Gasteiger partial charge in [0.25, 0.3) is 0 Å². The van der Waals surface area contributed by atoms with Gasteiger partial charge in [-0.05, 0) is 12.1 Å². The van der Waals surface area contributed by atoms with E-state index >= 15 is 0 Å². The average molecular weight is 290 g/mol. The second-order valence-electron chi connectivity index (χ2n) is 3.12. The molecule has 7 heteroatoms. The first-order valence-electron chi connectivity index (χ1n) is 4.21. The van der Waals surface area contributed by atoms with Gasteiger partial charge in [0.1, 0.15) is 5.82 Å². The number of halogens is 6. The van der Waals surface area contributed by atoms with E-state index in [0.29, 0.717) is 12.1 Å². The molecule has 0 aliphatic heterocycles. The second kappa shape index (κ2) is 5.71. The zero-order valence-electron chi connectivity index (χ0n) is 8.39. The van der Waals surface area contributed by atoms with Crippen LogP contribution in [0.2, 0.25) is 5.02 Å². The molecule has 0 unspecified atom stereocenters. The molecule has 0 bridgehead atoms. The van der Waals surface area contributed by atoms with Crippen LogP contribution in [0.25, 0.3) is 0 Å². The zero-order chi connectivity index (χ0) is 12.5. The maximum absolute atomic E-state index is 13.4. The molecule has 1 nitrogen and oxygen atoms in total. The van der Waals surface area contributed by atoms with Crippen LogP contribution in [0.3, 0.4) is 0 Å². The van der Waals surface area contributed by atoms with E-state index in [-0.39, 0.29) is 18.0 Å². The fourth-order valence-electron chi connectivity index (χ4n) is 1.14. The van der Waals surface area contributed by atoms with Crippen LogP contribution in [0.5, 0.6) is 0 Å². The van der Waals surface area contributed by atoms with Gasteiger partial charge >= 0.3 is 6.18 Å². The van der Waals surface area contributed by atoms with Crippen molar-refractivity contribution in [1.29, 1.82) is 0 Å². The normalized spacial score (nSPS) is 12.8. The molecule has 0 aliphatic carbocycles. The first-order chi connectivity index (χ1) is 7.27. The lowest BCUT2D eigenvalue weighted by atomic mass is 10.0. The lowest BCUT2D eigenvalue weighted by molar-refractivity contribution is -0.137. The van der Waals surface area contributed by atoms with Crippen molar-refractivity contribution in [2.75, 3.05) is 0 Å². The van der Waals surface area contributed by atoms with Crippen LogP contribution >= 0.6 is 24.0 Å².